The number of carbonyl (C=O) groups is 1. The lowest BCUT2D eigenvalue weighted by molar-refractivity contribution is -0.133. The van der Waals surface area contributed by atoms with E-state index in [1.165, 1.54) is 0 Å². The summed E-state index contributed by atoms with van der Waals surface area (Å²) in [5.41, 5.74) is 0.756. The van der Waals surface area contributed by atoms with Crippen LogP contribution in [0, 0.1) is 5.92 Å². The Morgan fingerprint density at radius 1 is 1.38 bits per heavy atom. The Bertz CT molecular complexity index is 325. The first kappa shape index (κ1) is 12.7. The van der Waals surface area contributed by atoms with Gasteiger partial charge in [0.05, 0.1) is 0 Å². The minimum Gasteiger partial charge on any atom is -0.353 e. The third-order valence-electron chi connectivity index (χ3n) is 2.16. The SMILES string of the molecule is CC(C)CNC(=O)[C@H](ON)c1ccccc1. The quantitative estimate of drug-likeness (QED) is 0.740. The summed E-state index contributed by atoms with van der Waals surface area (Å²) in [7, 11) is 0. The molecule has 0 aliphatic rings. The van der Waals surface area contributed by atoms with Crippen molar-refractivity contribution >= 4 is 5.91 Å². The highest BCUT2D eigenvalue weighted by atomic mass is 16.6. The predicted molar refractivity (Wildman–Crippen MR) is 62.3 cm³/mol. The highest BCUT2D eigenvalue weighted by Gasteiger charge is 2.20. The van der Waals surface area contributed by atoms with Gasteiger partial charge in [-0.1, -0.05) is 44.2 Å². The minimum atomic E-state index is -0.736. The van der Waals surface area contributed by atoms with Gasteiger partial charge in [-0.05, 0) is 11.5 Å². The second-order valence-corrected chi connectivity index (χ2v) is 4.07. The van der Waals surface area contributed by atoms with Crippen LogP contribution in [-0.4, -0.2) is 12.5 Å². The molecule has 4 nitrogen and oxygen atoms in total. The molecule has 0 saturated carbocycles. The van der Waals surface area contributed by atoms with Crippen LogP contribution < -0.4 is 11.2 Å². The molecule has 4 heteroatoms. The lowest BCUT2D eigenvalue weighted by Crippen LogP contribution is -2.34. The van der Waals surface area contributed by atoms with Crippen LogP contribution in [0.1, 0.15) is 25.5 Å². The molecule has 1 aromatic carbocycles. The van der Waals surface area contributed by atoms with E-state index >= 15 is 0 Å². The van der Waals surface area contributed by atoms with Crippen LogP contribution in [0.2, 0.25) is 0 Å². The second kappa shape index (κ2) is 6.25. The van der Waals surface area contributed by atoms with Gasteiger partial charge in [0.1, 0.15) is 0 Å². The number of hydrogen-bond acceptors (Lipinski definition) is 3. The summed E-state index contributed by atoms with van der Waals surface area (Å²) in [5, 5.41) is 2.79. The molecule has 1 amide bonds. The fourth-order valence-corrected chi connectivity index (χ4v) is 1.32. The molecule has 0 bridgehead atoms. The number of hydrogen-bond donors (Lipinski definition) is 2. The highest BCUT2D eigenvalue weighted by Crippen LogP contribution is 2.15. The smallest absolute Gasteiger partial charge is 0.255 e. The van der Waals surface area contributed by atoms with Crippen LogP contribution >= 0.6 is 0 Å². The summed E-state index contributed by atoms with van der Waals surface area (Å²) >= 11 is 0. The van der Waals surface area contributed by atoms with E-state index in [1.54, 1.807) is 0 Å². The monoisotopic (exact) mass is 222 g/mol. The maximum atomic E-state index is 11.8. The zero-order chi connectivity index (χ0) is 12.0. The third-order valence-corrected chi connectivity index (χ3v) is 2.16. The average Bonchev–Trinajstić information content (AvgIpc) is 2.29. The van der Waals surface area contributed by atoms with Crippen molar-refractivity contribution in [1.29, 1.82) is 0 Å². The molecule has 88 valence electrons. The van der Waals surface area contributed by atoms with Gasteiger partial charge in [0.15, 0.2) is 6.10 Å². The molecule has 0 fully saturated rings. The molecule has 3 N–H and O–H groups in total. The summed E-state index contributed by atoms with van der Waals surface area (Å²) in [6.45, 7) is 4.67. The first-order chi connectivity index (χ1) is 7.65. The fourth-order valence-electron chi connectivity index (χ4n) is 1.32. The molecule has 1 aromatic rings. The van der Waals surface area contributed by atoms with E-state index in [0.29, 0.717) is 12.5 Å². The zero-order valence-electron chi connectivity index (χ0n) is 9.64. The lowest BCUT2D eigenvalue weighted by atomic mass is 10.1. The van der Waals surface area contributed by atoms with E-state index in [4.69, 9.17) is 10.7 Å². The molecule has 0 aliphatic heterocycles. The van der Waals surface area contributed by atoms with Crippen molar-refractivity contribution in [3.8, 4) is 0 Å². The predicted octanol–water partition coefficient (Wildman–Crippen LogP) is 1.39. The molecule has 0 unspecified atom stereocenters. The first-order valence-corrected chi connectivity index (χ1v) is 5.33. The maximum Gasteiger partial charge on any atom is 0.255 e. The van der Waals surface area contributed by atoms with Gasteiger partial charge in [-0.3, -0.25) is 9.63 Å². The number of benzene rings is 1. The third kappa shape index (κ3) is 3.64. The molecule has 0 aromatic heterocycles. The largest absolute Gasteiger partial charge is 0.353 e. The van der Waals surface area contributed by atoms with E-state index in [2.05, 4.69) is 5.32 Å². The van der Waals surface area contributed by atoms with Crippen molar-refractivity contribution in [2.75, 3.05) is 6.54 Å². The molecule has 1 atom stereocenters. The highest BCUT2D eigenvalue weighted by molar-refractivity contribution is 5.82. The minimum absolute atomic E-state index is 0.206. The Morgan fingerprint density at radius 2 is 2.00 bits per heavy atom. The van der Waals surface area contributed by atoms with Gasteiger partial charge in [0, 0.05) is 6.54 Å². The van der Waals surface area contributed by atoms with Crippen molar-refractivity contribution in [1.82, 2.24) is 5.32 Å². The normalized spacial score (nSPS) is 12.5. The van der Waals surface area contributed by atoms with Gasteiger partial charge >= 0.3 is 0 Å². The first-order valence-electron chi connectivity index (χ1n) is 5.33. The van der Waals surface area contributed by atoms with Crippen molar-refractivity contribution in [3.05, 3.63) is 35.9 Å². The van der Waals surface area contributed by atoms with Gasteiger partial charge in [-0.2, -0.15) is 0 Å². The average molecular weight is 222 g/mol. The summed E-state index contributed by atoms with van der Waals surface area (Å²) < 4.78 is 0. The van der Waals surface area contributed by atoms with Gasteiger partial charge in [-0.15, -0.1) is 0 Å². The van der Waals surface area contributed by atoms with Crippen LogP contribution in [0.4, 0.5) is 0 Å². The number of carbonyl (C=O) groups excluding carboxylic acids is 1. The van der Waals surface area contributed by atoms with Crippen LogP contribution in [0.25, 0.3) is 0 Å². The summed E-state index contributed by atoms with van der Waals surface area (Å²) in [4.78, 5) is 16.5. The molecule has 0 spiro atoms. The van der Waals surface area contributed by atoms with E-state index in [1.807, 2.05) is 44.2 Å². The number of nitrogens with two attached hydrogens (primary N) is 1. The summed E-state index contributed by atoms with van der Waals surface area (Å²) in [6.07, 6.45) is -0.736. The van der Waals surface area contributed by atoms with Gasteiger partial charge in [-0.25, -0.2) is 5.90 Å². The molecular formula is C12H18N2O2. The molecular weight excluding hydrogens is 204 g/mol. The fraction of sp³-hybridized carbons (Fsp3) is 0.417. The van der Waals surface area contributed by atoms with Crippen molar-refractivity contribution < 1.29 is 9.63 Å². The molecule has 0 saturated heterocycles. The van der Waals surface area contributed by atoms with Crippen LogP contribution in [0.15, 0.2) is 30.3 Å². The van der Waals surface area contributed by atoms with Gasteiger partial charge < -0.3 is 5.32 Å². The molecule has 1 rings (SSSR count). The van der Waals surface area contributed by atoms with E-state index in [0.717, 1.165) is 5.56 Å². The lowest BCUT2D eigenvalue weighted by Gasteiger charge is -2.15. The Balaban J connectivity index is 2.64. The maximum absolute atomic E-state index is 11.8. The molecule has 0 aliphatic carbocycles. The Hall–Kier alpha value is -1.39. The van der Waals surface area contributed by atoms with Crippen molar-refractivity contribution in [2.24, 2.45) is 11.8 Å². The topological polar surface area (TPSA) is 64.3 Å². The standard InChI is InChI=1S/C12H18N2O2/c1-9(2)8-14-12(15)11(16-13)10-6-4-3-5-7-10/h3-7,9,11H,8,13H2,1-2H3,(H,14,15)/t11-/m1/s1. The van der Waals surface area contributed by atoms with E-state index in [9.17, 15) is 4.79 Å². The Kier molecular flexibility index (Phi) is 4.95. The van der Waals surface area contributed by atoms with E-state index in [-0.39, 0.29) is 5.91 Å². The number of nitrogens with one attached hydrogen (secondary N) is 1. The van der Waals surface area contributed by atoms with E-state index < -0.39 is 6.10 Å². The number of rotatable bonds is 5. The Morgan fingerprint density at radius 3 is 2.50 bits per heavy atom. The van der Waals surface area contributed by atoms with Gasteiger partial charge in [0.25, 0.3) is 5.91 Å². The second-order valence-electron chi connectivity index (χ2n) is 4.07. The Labute approximate surface area is 95.7 Å². The number of amides is 1. The molecule has 0 heterocycles. The molecule has 0 radical (unpaired) electrons. The van der Waals surface area contributed by atoms with Gasteiger partial charge in [0.2, 0.25) is 0 Å². The summed E-state index contributed by atoms with van der Waals surface area (Å²) in [6, 6.07) is 9.19. The van der Waals surface area contributed by atoms with Crippen LogP contribution in [0.3, 0.4) is 0 Å². The summed E-state index contributed by atoms with van der Waals surface area (Å²) in [5.74, 6) is 5.35. The van der Waals surface area contributed by atoms with Crippen LogP contribution in [-0.2, 0) is 9.63 Å². The zero-order valence-corrected chi connectivity index (χ0v) is 9.64. The molecule has 16 heavy (non-hydrogen) atoms. The van der Waals surface area contributed by atoms with Crippen molar-refractivity contribution in [3.63, 3.8) is 0 Å². The van der Waals surface area contributed by atoms with Crippen molar-refractivity contribution in [2.45, 2.75) is 20.0 Å². The van der Waals surface area contributed by atoms with Crippen LogP contribution in [0.5, 0.6) is 0 Å².